The van der Waals surface area contributed by atoms with Gasteiger partial charge in [-0.15, -0.1) is 0 Å². The molecular weight excluding hydrogens is 1630 g/mol. The number of aromatic nitrogens is 9. The Bertz CT molecular complexity index is 8820. The van der Waals surface area contributed by atoms with Gasteiger partial charge in [0.05, 0.1) is 0 Å². The molecule has 0 amide bonds. The summed E-state index contributed by atoms with van der Waals surface area (Å²) in [4.78, 5) is 45.5. The fourth-order valence-corrected chi connectivity index (χ4v) is 18.1. The van der Waals surface area contributed by atoms with Crippen LogP contribution in [0, 0.1) is 0 Å². The van der Waals surface area contributed by atoms with Gasteiger partial charge in [0, 0.05) is 82.4 Å². The quantitative estimate of drug-likeness (QED) is 0.108. The van der Waals surface area contributed by atoms with Crippen LogP contribution < -0.4 is 0 Å². The number of rotatable bonds is 13. The minimum absolute atomic E-state index is 0.603. The summed E-state index contributed by atoms with van der Waals surface area (Å²) in [6, 6.07) is 156. The zero-order valence-corrected chi connectivity index (χ0v) is 71.6. The van der Waals surface area contributed by atoms with E-state index in [1.165, 1.54) is 27.5 Å². The molecule has 0 aliphatic carbocycles. The Balaban J connectivity index is 0.000000110. The molecule has 20 aromatic carbocycles. The fraction of sp³-hybridized carbons (Fsp3) is 0. The van der Waals surface area contributed by atoms with Crippen LogP contribution in [0.15, 0.2) is 468 Å². The third kappa shape index (κ3) is 15.2. The van der Waals surface area contributed by atoms with Gasteiger partial charge in [0.2, 0.25) is 0 Å². The summed E-state index contributed by atoms with van der Waals surface area (Å²) in [5, 5.41) is 15.5. The second-order valence-corrected chi connectivity index (χ2v) is 33.0. The minimum atomic E-state index is 0.603. The summed E-state index contributed by atoms with van der Waals surface area (Å²) in [6.45, 7) is 0. The van der Waals surface area contributed by atoms with Crippen LogP contribution in [0.2, 0.25) is 0 Å². The molecule has 0 saturated carbocycles. The molecule has 0 unspecified atom stereocenters. The smallest absolute Gasteiger partial charge is 0.164 e. The first-order chi connectivity index (χ1) is 65.8. The predicted molar refractivity (Wildman–Crippen MR) is 542 cm³/mol. The summed E-state index contributed by atoms with van der Waals surface area (Å²) in [5.41, 5.74) is 22.4. The van der Waals surface area contributed by atoms with Gasteiger partial charge in [-0.25, -0.2) is 44.9 Å². The molecule has 26 aromatic rings. The number of nitrogens with zero attached hydrogens (tertiary/aromatic N) is 9. The molecule has 0 spiro atoms. The standard InChI is InChI=1S/C43H27N3O.C41H25N3O.C37H23N3O/c1-3-10-28(11-4-1)30-18-22-32(23-19-30)41-44-42(33-24-20-31(21-25-33)29-12-5-2-6-13-29)46-43(45-41)36-16-9-17-38-40(36)37-26-34-14-7-8-15-35(34)27-39(37)47-38;1-2-10-28(11-3-1)39-42-40(29-20-17-27(18-21-29)33-22-19-26-9-4-5-12-30(26)23-33)44-41(43-39)34-15-8-16-36-38(34)35-24-31-13-6-7-14-32(31)25-37(35)45-36;1-3-12-24(13-4-1)28-18-9-10-19-29(28)36-38-35(25-14-5-2-6-15-25)39-37(40-36)30-20-11-21-32-34(30)31-22-26-16-7-8-17-27(26)23-33(31)41-32/h1-27H;1-25H;1-23H. The molecule has 12 heteroatoms. The molecule has 0 atom stereocenters. The van der Waals surface area contributed by atoms with Gasteiger partial charge in [0.1, 0.15) is 33.5 Å². The normalized spacial score (nSPS) is 11.5. The molecule has 6 aromatic heterocycles. The Morgan fingerprint density at radius 3 is 0.684 bits per heavy atom. The van der Waals surface area contributed by atoms with Crippen LogP contribution in [-0.4, -0.2) is 44.9 Å². The monoisotopic (exact) mass is 1700 g/mol. The Morgan fingerprint density at radius 2 is 0.338 bits per heavy atom. The maximum absolute atomic E-state index is 6.39. The van der Waals surface area contributed by atoms with Crippen molar-refractivity contribution in [2.24, 2.45) is 0 Å². The maximum atomic E-state index is 6.39. The molecule has 26 rings (SSSR count). The molecule has 0 bridgehead atoms. The summed E-state index contributed by atoms with van der Waals surface area (Å²) < 4.78 is 19.1. The van der Waals surface area contributed by atoms with Crippen LogP contribution in [0.25, 0.3) is 256 Å². The van der Waals surface area contributed by atoms with Gasteiger partial charge >= 0.3 is 0 Å². The Morgan fingerprint density at radius 1 is 0.120 bits per heavy atom. The van der Waals surface area contributed by atoms with Crippen molar-refractivity contribution in [2.75, 3.05) is 0 Å². The number of furan rings is 3. The molecule has 0 N–H and O–H groups in total. The van der Waals surface area contributed by atoms with Gasteiger partial charge in [0.15, 0.2) is 52.4 Å². The molecule has 0 radical (unpaired) electrons. The van der Waals surface area contributed by atoms with Crippen molar-refractivity contribution in [3.05, 3.63) is 455 Å². The van der Waals surface area contributed by atoms with Crippen LogP contribution in [0.1, 0.15) is 0 Å². The van der Waals surface area contributed by atoms with E-state index < -0.39 is 0 Å². The zero-order valence-electron chi connectivity index (χ0n) is 71.6. The molecule has 0 fully saturated rings. The lowest BCUT2D eigenvalue weighted by molar-refractivity contribution is 0.669. The average Bonchev–Trinajstić information content (AvgIpc) is 1.63. The summed E-state index contributed by atoms with van der Waals surface area (Å²) in [6.07, 6.45) is 0. The SMILES string of the molecule is c1ccc(-c2ccc(-c3nc(-c4ccc(-c5ccccc5)cc4)nc(-c4cccc5oc6cc7ccccc7cc6c45)n3)cc2)cc1.c1ccc(-c2nc(-c3ccc(-c4ccc5ccccc5c4)cc3)nc(-c3cccc4oc5cc6ccccc6cc5c34)n2)cc1.c1ccc(-c2nc(-c3ccccc3-c3ccccc3)nc(-c3cccc4oc5cc6ccccc6cc5c34)n2)cc1. The van der Waals surface area contributed by atoms with Crippen molar-refractivity contribution in [3.63, 3.8) is 0 Å². The van der Waals surface area contributed by atoms with E-state index in [2.05, 4.69) is 322 Å². The third-order valence-electron chi connectivity index (χ3n) is 24.8. The first-order valence-corrected chi connectivity index (χ1v) is 44.3. The maximum Gasteiger partial charge on any atom is 0.164 e. The molecule has 0 saturated heterocycles. The third-order valence-corrected chi connectivity index (χ3v) is 24.8. The topological polar surface area (TPSA) is 155 Å². The van der Waals surface area contributed by atoms with Gasteiger partial charge in [-0.3, -0.25) is 0 Å². The first kappa shape index (κ1) is 78.4. The van der Waals surface area contributed by atoms with Gasteiger partial charge in [0.25, 0.3) is 0 Å². The van der Waals surface area contributed by atoms with Gasteiger partial charge in [-0.05, 0) is 148 Å². The van der Waals surface area contributed by atoms with Crippen molar-refractivity contribution in [1.82, 2.24) is 44.9 Å². The average molecular weight is 1700 g/mol. The Labute approximate surface area is 763 Å². The molecule has 12 nitrogen and oxygen atoms in total. The van der Waals surface area contributed by atoms with Crippen LogP contribution in [0.3, 0.4) is 0 Å². The zero-order chi connectivity index (χ0) is 88.1. The van der Waals surface area contributed by atoms with E-state index in [4.69, 9.17) is 58.1 Å². The van der Waals surface area contributed by atoms with E-state index in [1.807, 2.05) is 133 Å². The number of hydrogen-bond acceptors (Lipinski definition) is 12. The van der Waals surface area contributed by atoms with Crippen molar-refractivity contribution in [1.29, 1.82) is 0 Å². The lowest BCUT2D eigenvalue weighted by Crippen LogP contribution is -2.01. The first-order valence-electron chi connectivity index (χ1n) is 44.3. The Kier molecular flexibility index (Phi) is 20.0. The summed E-state index contributed by atoms with van der Waals surface area (Å²) in [7, 11) is 0. The molecule has 622 valence electrons. The highest BCUT2D eigenvalue weighted by Gasteiger charge is 2.25. The van der Waals surface area contributed by atoms with E-state index in [-0.39, 0.29) is 0 Å². The predicted octanol–water partition coefficient (Wildman–Crippen LogP) is 31.6. The van der Waals surface area contributed by atoms with E-state index >= 15 is 0 Å². The highest BCUT2D eigenvalue weighted by atomic mass is 16.3. The fourth-order valence-electron chi connectivity index (χ4n) is 18.1. The molecule has 0 aliphatic rings. The largest absolute Gasteiger partial charge is 0.456 e. The van der Waals surface area contributed by atoms with Crippen LogP contribution in [0.4, 0.5) is 0 Å². The van der Waals surface area contributed by atoms with E-state index in [9.17, 15) is 0 Å². The van der Waals surface area contributed by atoms with Crippen LogP contribution >= 0.6 is 0 Å². The van der Waals surface area contributed by atoms with Crippen molar-refractivity contribution < 1.29 is 13.3 Å². The van der Waals surface area contributed by atoms with Crippen molar-refractivity contribution >= 4 is 109 Å². The highest BCUT2D eigenvalue weighted by Crippen LogP contribution is 2.45. The summed E-state index contributed by atoms with van der Waals surface area (Å²) in [5.74, 6) is 5.57. The second-order valence-electron chi connectivity index (χ2n) is 33.0. The van der Waals surface area contributed by atoms with E-state index in [1.54, 1.807) is 0 Å². The number of hydrogen-bond donors (Lipinski definition) is 0. The highest BCUT2D eigenvalue weighted by molar-refractivity contribution is 6.18. The summed E-state index contributed by atoms with van der Waals surface area (Å²) >= 11 is 0. The van der Waals surface area contributed by atoms with Crippen LogP contribution in [0.5, 0.6) is 0 Å². The van der Waals surface area contributed by atoms with E-state index in [0.717, 1.165) is 176 Å². The van der Waals surface area contributed by atoms with Gasteiger partial charge in [-0.1, -0.05) is 394 Å². The lowest BCUT2D eigenvalue weighted by atomic mass is 9.99. The molecular formula is C121H75N9O3. The lowest BCUT2D eigenvalue weighted by Gasteiger charge is -2.12. The van der Waals surface area contributed by atoms with Gasteiger partial charge in [-0.2, -0.15) is 0 Å². The van der Waals surface area contributed by atoms with Crippen molar-refractivity contribution in [2.45, 2.75) is 0 Å². The second kappa shape index (κ2) is 33.9. The van der Waals surface area contributed by atoms with Crippen molar-refractivity contribution in [3.8, 4) is 147 Å². The minimum Gasteiger partial charge on any atom is -0.456 e. The van der Waals surface area contributed by atoms with Gasteiger partial charge < -0.3 is 13.3 Å². The molecule has 0 aliphatic heterocycles. The number of benzene rings is 20. The number of fused-ring (bicyclic) bond motifs is 13. The molecule has 6 heterocycles. The van der Waals surface area contributed by atoms with Crippen LogP contribution in [-0.2, 0) is 0 Å². The van der Waals surface area contributed by atoms with E-state index in [0.29, 0.717) is 52.4 Å². The molecule has 133 heavy (non-hydrogen) atoms. The Hall–Kier alpha value is -18.1.